The quantitative estimate of drug-likeness (QED) is 0.758. The predicted molar refractivity (Wildman–Crippen MR) is 90.8 cm³/mol. The Bertz CT molecular complexity index is 554. The van der Waals surface area contributed by atoms with E-state index >= 15 is 0 Å². The highest BCUT2D eigenvalue weighted by atomic mass is 32.2. The van der Waals surface area contributed by atoms with Crippen LogP contribution < -0.4 is 5.32 Å². The van der Waals surface area contributed by atoms with Crippen LogP contribution in [0.25, 0.3) is 0 Å². The van der Waals surface area contributed by atoms with E-state index in [1.165, 1.54) is 5.56 Å². The van der Waals surface area contributed by atoms with Gasteiger partial charge in [0.1, 0.15) is 0 Å². The van der Waals surface area contributed by atoms with Gasteiger partial charge in [0, 0.05) is 29.9 Å². The molecule has 0 saturated heterocycles. The first-order valence-corrected chi connectivity index (χ1v) is 9.07. The molecule has 3 nitrogen and oxygen atoms in total. The molecule has 21 heavy (non-hydrogen) atoms. The van der Waals surface area contributed by atoms with Gasteiger partial charge in [-0.2, -0.15) is 11.8 Å². The van der Waals surface area contributed by atoms with Crippen LogP contribution >= 0.6 is 23.1 Å². The first-order chi connectivity index (χ1) is 10.2. The summed E-state index contributed by atoms with van der Waals surface area (Å²) in [6.45, 7) is 2.71. The standard InChI is InChI=1S/C16H20N2OS2/c1-13-18-15(12-21-13)7-8-16(19)17-9-10-20-11-14-5-3-2-4-6-14/h2-6,12H,7-11H2,1H3,(H,17,19). The summed E-state index contributed by atoms with van der Waals surface area (Å²) >= 11 is 3.47. The molecular weight excluding hydrogens is 300 g/mol. The van der Waals surface area contributed by atoms with Crippen molar-refractivity contribution < 1.29 is 4.79 Å². The van der Waals surface area contributed by atoms with Crippen LogP contribution in [0.3, 0.4) is 0 Å². The van der Waals surface area contributed by atoms with Crippen molar-refractivity contribution in [3.05, 3.63) is 52.0 Å². The van der Waals surface area contributed by atoms with Gasteiger partial charge in [-0.1, -0.05) is 30.3 Å². The van der Waals surface area contributed by atoms with Crippen LogP contribution in [-0.2, 0) is 17.0 Å². The number of amides is 1. The Balaban J connectivity index is 1.53. The van der Waals surface area contributed by atoms with Crippen molar-refractivity contribution in [2.24, 2.45) is 0 Å². The number of carbonyl (C=O) groups is 1. The van der Waals surface area contributed by atoms with Gasteiger partial charge < -0.3 is 5.32 Å². The molecule has 0 unspecified atom stereocenters. The topological polar surface area (TPSA) is 42.0 Å². The third-order valence-corrected chi connectivity index (χ3v) is 4.81. The van der Waals surface area contributed by atoms with E-state index in [2.05, 4.69) is 34.6 Å². The number of hydrogen-bond acceptors (Lipinski definition) is 4. The van der Waals surface area contributed by atoms with Gasteiger partial charge >= 0.3 is 0 Å². The van der Waals surface area contributed by atoms with E-state index in [1.54, 1.807) is 11.3 Å². The van der Waals surface area contributed by atoms with Crippen molar-refractivity contribution in [2.45, 2.75) is 25.5 Å². The molecule has 1 N–H and O–H groups in total. The lowest BCUT2D eigenvalue weighted by atomic mass is 10.2. The number of thiazole rings is 1. The molecule has 2 rings (SSSR count). The molecule has 1 heterocycles. The summed E-state index contributed by atoms with van der Waals surface area (Å²) in [6, 6.07) is 10.4. The van der Waals surface area contributed by atoms with Gasteiger partial charge in [-0.3, -0.25) is 4.79 Å². The molecule has 0 bridgehead atoms. The van der Waals surface area contributed by atoms with Crippen LogP contribution in [0.2, 0.25) is 0 Å². The smallest absolute Gasteiger partial charge is 0.220 e. The van der Waals surface area contributed by atoms with E-state index in [1.807, 2.05) is 30.1 Å². The molecule has 0 aliphatic heterocycles. The van der Waals surface area contributed by atoms with Gasteiger partial charge in [-0.05, 0) is 18.9 Å². The summed E-state index contributed by atoms with van der Waals surface area (Å²) in [5, 5.41) is 6.05. The van der Waals surface area contributed by atoms with Gasteiger partial charge in [-0.25, -0.2) is 4.98 Å². The molecule has 1 amide bonds. The van der Waals surface area contributed by atoms with E-state index in [0.29, 0.717) is 6.42 Å². The SMILES string of the molecule is Cc1nc(CCC(=O)NCCSCc2ccccc2)cs1. The van der Waals surface area contributed by atoms with Gasteiger partial charge in [0.25, 0.3) is 0 Å². The van der Waals surface area contributed by atoms with Gasteiger partial charge in [0.2, 0.25) is 5.91 Å². The van der Waals surface area contributed by atoms with Crippen LogP contribution in [0.5, 0.6) is 0 Å². The van der Waals surface area contributed by atoms with Crippen LogP contribution in [0, 0.1) is 6.92 Å². The number of rotatable bonds is 8. The number of benzene rings is 1. The maximum Gasteiger partial charge on any atom is 0.220 e. The number of hydrogen-bond donors (Lipinski definition) is 1. The zero-order valence-corrected chi connectivity index (χ0v) is 13.8. The lowest BCUT2D eigenvalue weighted by Gasteiger charge is -2.05. The molecule has 112 valence electrons. The first-order valence-electron chi connectivity index (χ1n) is 7.03. The van der Waals surface area contributed by atoms with E-state index in [4.69, 9.17) is 0 Å². The van der Waals surface area contributed by atoms with Crippen molar-refractivity contribution in [1.82, 2.24) is 10.3 Å². The van der Waals surface area contributed by atoms with E-state index in [-0.39, 0.29) is 5.91 Å². The number of aromatic nitrogens is 1. The van der Waals surface area contributed by atoms with Crippen LogP contribution in [-0.4, -0.2) is 23.2 Å². The number of nitrogens with one attached hydrogen (secondary N) is 1. The molecule has 0 radical (unpaired) electrons. The monoisotopic (exact) mass is 320 g/mol. The average Bonchev–Trinajstić information content (AvgIpc) is 2.91. The van der Waals surface area contributed by atoms with Gasteiger partial charge in [0.05, 0.1) is 10.7 Å². The fourth-order valence-corrected chi connectivity index (χ4v) is 3.35. The maximum absolute atomic E-state index is 11.7. The molecule has 1 aromatic heterocycles. The lowest BCUT2D eigenvalue weighted by molar-refractivity contribution is -0.120. The second-order valence-corrected chi connectivity index (χ2v) is 6.91. The van der Waals surface area contributed by atoms with Crippen molar-refractivity contribution in [1.29, 1.82) is 0 Å². The van der Waals surface area contributed by atoms with Crippen LogP contribution in [0.4, 0.5) is 0 Å². The Morgan fingerprint density at radius 3 is 2.86 bits per heavy atom. The Hall–Kier alpha value is -1.33. The van der Waals surface area contributed by atoms with Gasteiger partial charge in [0.15, 0.2) is 0 Å². The molecule has 0 spiro atoms. The highest BCUT2D eigenvalue weighted by Gasteiger charge is 2.04. The molecule has 1 aromatic carbocycles. The fraction of sp³-hybridized carbons (Fsp3) is 0.375. The summed E-state index contributed by atoms with van der Waals surface area (Å²) in [5.41, 5.74) is 2.35. The predicted octanol–water partition coefficient (Wildman–Crippen LogP) is 3.43. The zero-order valence-electron chi connectivity index (χ0n) is 12.2. The second-order valence-electron chi connectivity index (χ2n) is 4.75. The van der Waals surface area contributed by atoms with E-state index < -0.39 is 0 Å². The summed E-state index contributed by atoms with van der Waals surface area (Å²) in [4.78, 5) is 16.1. The summed E-state index contributed by atoms with van der Waals surface area (Å²) in [7, 11) is 0. The highest BCUT2D eigenvalue weighted by molar-refractivity contribution is 7.98. The Morgan fingerprint density at radius 1 is 1.33 bits per heavy atom. The summed E-state index contributed by atoms with van der Waals surface area (Å²) in [6.07, 6.45) is 1.25. The van der Waals surface area contributed by atoms with Crippen molar-refractivity contribution in [2.75, 3.05) is 12.3 Å². The number of nitrogens with zero attached hydrogens (tertiary/aromatic N) is 1. The largest absolute Gasteiger partial charge is 0.355 e. The zero-order chi connectivity index (χ0) is 14.9. The first kappa shape index (κ1) is 16.0. The average molecular weight is 320 g/mol. The molecule has 0 aliphatic rings. The number of carbonyl (C=O) groups excluding carboxylic acids is 1. The number of aryl methyl sites for hydroxylation is 2. The molecule has 0 fully saturated rings. The third kappa shape index (κ3) is 6.31. The lowest BCUT2D eigenvalue weighted by Crippen LogP contribution is -2.25. The Labute approximate surface area is 134 Å². The minimum Gasteiger partial charge on any atom is -0.355 e. The second kappa shape index (κ2) is 8.85. The van der Waals surface area contributed by atoms with E-state index in [0.717, 1.165) is 35.2 Å². The third-order valence-electron chi connectivity index (χ3n) is 2.95. The van der Waals surface area contributed by atoms with Gasteiger partial charge in [-0.15, -0.1) is 11.3 Å². The molecule has 5 heteroatoms. The van der Waals surface area contributed by atoms with Crippen molar-refractivity contribution in [3.8, 4) is 0 Å². The van der Waals surface area contributed by atoms with E-state index in [9.17, 15) is 4.79 Å². The minimum atomic E-state index is 0.112. The normalized spacial score (nSPS) is 10.5. The highest BCUT2D eigenvalue weighted by Crippen LogP contribution is 2.11. The molecule has 0 atom stereocenters. The minimum absolute atomic E-state index is 0.112. The molecule has 2 aromatic rings. The maximum atomic E-state index is 11.7. The van der Waals surface area contributed by atoms with Crippen molar-refractivity contribution in [3.63, 3.8) is 0 Å². The Morgan fingerprint density at radius 2 is 2.14 bits per heavy atom. The number of thioether (sulfide) groups is 1. The summed E-state index contributed by atoms with van der Waals surface area (Å²) < 4.78 is 0. The fourth-order valence-electron chi connectivity index (χ4n) is 1.88. The van der Waals surface area contributed by atoms with Crippen molar-refractivity contribution >= 4 is 29.0 Å². The summed E-state index contributed by atoms with van der Waals surface area (Å²) in [5.74, 6) is 2.05. The molecule has 0 saturated carbocycles. The molecular formula is C16H20N2OS2. The van der Waals surface area contributed by atoms with Crippen LogP contribution in [0.1, 0.15) is 22.7 Å². The Kier molecular flexibility index (Phi) is 6.76. The molecule has 0 aliphatic carbocycles. The van der Waals surface area contributed by atoms with Crippen LogP contribution in [0.15, 0.2) is 35.7 Å².